The van der Waals surface area contributed by atoms with Crippen LogP contribution in [0.25, 0.3) is 0 Å². The van der Waals surface area contributed by atoms with Gasteiger partial charge in [-0.25, -0.2) is 13.1 Å². The summed E-state index contributed by atoms with van der Waals surface area (Å²) >= 11 is 0. The predicted molar refractivity (Wildman–Crippen MR) is 87.7 cm³/mol. The number of nitrogens with zero attached hydrogens (tertiary/aromatic N) is 5. The standard InChI is InChI=1S/C15H22N6O2S/c1-2-8-21-15(16-17-18-21)13-19-9-11-20(12-10-19)24(22,23)14-6-4-3-5-7-14/h3-7H,2,8-13H2,1H3/p+1. The Bertz CT molecular complexity index is 753. The van der Waals surface area contributed by atoms with E-state index in [0.29, 0.717) is 18.0 Å². The average molecular weight is 351 g/mol. The van der Waals surface area contributed by atoms with E-state index in [1.807, 2.05) is 10.7 Å². The summed E-state index contributed by atoms with van der Waals surface area (Å²) in [6.07, 6.45) is 0.983. The molecule has 2 heterocycles. The van der Waals surface area contributed by atoms with E-state index >= 15 is 0 Å². The van der Waals surface area contributed by atoms with Crippen molar-refractivity contribution in [2.75, 3.05) is 26.2 Å². The Morgan fingerprint density at radius 1 is 1.17 bits per heavy atom. The van der Waals surface area contributed by atoms with Crippen LogP contribution < -0.4 is 4.90 Å². The quantitative estimate of drug-likeness (QED) is 0.734. The number of aryl methyl sites for hydroxylation is 1. The van der Waals surface area contributed by atoms with Gasteiger partial charge in [0, 0.05) is 6.54 Å². The van der Waals surface area contributed by atoms with Gasteiger partial charge in [0.25, 0.3) is 0 Å². The minimum Gasteiger partial charge on any atom is -0.326 e. The van der Waals surface area contributed by atoms with E-state index in [1.54, 1.807) is 28.6 Å². The lowest BCUT2D eigenvalue weighted by Gasteiger charge is -2.31. The Hall–Kier alpha value is -1.84. The second kappa shape index (κ2) is 7.37. The van der Waals surface area contributed by atoms with Crippen LogP contribution in [0.1, 0.15) is 19.2 Å². The fourth-order valence-electron chi connectivity index (χ4n) is 2.92. The van der Waals surface area contributed by atoms with Crippen molar-refractivity contribution in [2.24, 2.45) is 0 Å². The molecule has 0 amide bonds. The summed E-state index contributed by atoms with van der Waals surface area (Å²) in [5.74, 6) is 0.867. The van der Waals surface area contributed by atoms with Crippen LogP contribution in [-0.4, -0.2) is 59.1 Å². The van der Waals surface area contributed by atoms with Gasteiger partial charge in [-0.1, -0.05) is 25.1 Å². The number of sulfonamides is 1. The third-order valence-electron chi connectivity index (χ3n) is 4.26. The lowest BCUT2D eigenvalue weighted by atomic mass is 10.3. The highest BCUT2D eigenvalue weighted by Crippen LogP contribution is 2.14. The summed E-state index contributed by atoms with van der Waals surface area (Å²) in [5, 5.41) is 11.8. The second-order valence-corrected chi connectivity index (χ2v) is 7.90. The molecular formula is C15H23N6O2S+. The molecule has 1 aromatic carbocycles. The Labute approximate surface area is 142 Å². The molecule has 1 N–H and O–H groups in total. The summed E-state index contributed by atoms with van der Waals surface area (Å²) in [6, 6.07) is 8.62. The molecule has 24 heavy (non-hydrogen) atoms. The van der Waals surface area contributed by atoms with Crippen molar-refractivity contribution in [3.63, 3.8) is 0 Å². The maximum atomic E-state index is 12.6. The fraction of sp³-hybridized carbons (Fsp3) is 0.533. The molecule has 1 fully saturated rings. The lowest BCUT2D eigenvalue weighted by molar-refractivity contribution is -0.918. The van der Waals surface area contributed by atoms with Crippen molar-refractivity contribution < 1.29 is 13.3 Å². The first-order valence-corrected chi connectivity index (χ1v) is 9.69. The van der Waals surface area contributed by atoms with E-state index in [-0.39, 0.29) is 0 Å². The summed E-state index contributed by atoms with van der Waals surface area (Å²) in [6.45, 7) is 6.17. The third kappa shape index (κ3) is 3.63. The Balaban J connectivity index is 1.61. The van der Waals surface area contributed by atoms with E-state index in [0.717, 1.165) is 38.4 Å². The summed E-state index contributed by atoms with van der Waals surface area (Å²) in [7, 11) is -3.39. The van der Waals surface area contributed by atoms with Gasteiger partial charge in [-0.3, -0.25) is 0 Å². The first-order chi connectivity index (χ1) is 11.6. The first-order valence-electron chi connectivity index (χ1n) is 8.25. The molecular weight excluding hydrogens is 328 g/mol. The topological polar surface area (TPSA) is 85.4 Å². The molecule has 2 aromatic rings. The molecule has 130 valence electrons. The van der Waals surface area contributed by atoms with E-state index < -0.39 is 10.0 Å². The smallest absolute Gasteiger partial charge is 0.243 e. The SMILES string of the molecule is CCCn1nnnc1C[NH+]1CCN(S(=O)(=O)c2ccccc2)CC1. The molecule has 0 spiro atoms. The van der Waals surface area contributed by atoms with Gasteiger partial charge in [-0.2, -0.15) is 4.31 Å². The molecule has 9 heteroatoms. The number of aromatic nitrogens is 4. The number of hydrogen-bond acceptors (Lipinski definition) is 5. The molecule has 1 aliphatic rings. The number of hydrogen-bond donors (Lipinski definition) is 1. The predicted octanol–water partition coefficient (Wildman–Crippen LogP) is -0.827. The van der Waals surface area contributed by atoms with Gasteiger partial charge in [0.05, 0.1) is 31.1 Å². The van der Waals surface area contributed by atoms with E-state index in [4.69, 9.17) is 0 Å². The van der Waals surface area contributed by atoms with E-state index in [1.165, 1.54) is 4.90 Å². The molecule has 0 aliphatic carbocycles. The Kier molecular flexibility index (Phi) is 5.22. The van der Waals surface area contributed by atoms with Crippen LogP contribution in [0.5, 0.6) is 0 Å². The van der Waals surface area contributed by atoms with Gasteiger partial charge in [0.2, 0.25) is 15.8 Å². The second-order valence-electron chi connectivity index (χ2n) is 5.96. The highest BCUT2D eigenvalue weighted by atomic mass is 32.2. The van der Waals surface area contributed by atoms with Gasteiger partial charge >= 0.3 is 0 Å². The van der Waals surface area contributed by atoms with Crippen molar-refractivity contribution in [1.82, 2.24) is 24.5 Å². The Morgan fingerprint density at radius 3 is 2.54 bits per heavy atom. The number of quaternary nitrogens is 1. The van der Waals surface area contributed by atoms with Crippen LogP contribution in [-0.2, 0) is 23.1 Å². The normalized spacial score (nSPS) is 17.2. The third-order valence-corrected chi connectivity index (χ3v) is 6.17. The van der Waals surface area contributed by atoms with E-state index in [2.05, 4.69) is 22.4 Å². The van der Waals surface area contributed by atoms with Crippen LogP contribution in [0, 0.1) is 0 Å². The number of rotatable bonds is 6. The van der Waals surface area contributed by atoms with Gasteiger partial charge < -0.3 is 4.90 Å². The molecule has 0 radical (unpaired) electrons. The number of benzene rings is 1. The Morgan fingerprint density at radius 2 is 1.88 bits per heavy atom. The first kappa shape index (κ1) is 17.0. The monoisotopic (exact) mass is 351 g/mol. The number of tetrazole rings is 1. The van der Waals surface area contributed by atoms with Crippen molar-refractivity contribution in [2.45, 2.75) is 31.3 Å². The van der Waals surface area contributed by atoms with Crippen molar-refractivity contribution in [1.29, 1.82) is 0 Å². The lowest BCUT2D eigenvalue weighted by Crippen LogP contribution is -3.13. The summed E-state index contributed by atoms with van der Waals surface area (Å²) in [5.41, 5.74) is 0. The molecule has 8 nitrogen and oxygen atoms in total. The highest BCUT2D eigenvalue weighted by molar-refractivity contribution is 7.89. The zero-order valence-electron chi connectivity index (χ0n) is 13.8. The van der Waals surface area contributed by atoms with Gasteiger partial charge in [0.1, 0.15) is 6.54 Å². The molecule has 0 bridgehead atoms. The maximum Gasteiger partial charge on any atom is 0.243 e. The highest BCUT2D eigenvalue weighted by Gasteiger charge is 2.30. The summed E-state index contributed by atoms with van der Waals surface area (Å²) in [4.78, 5) is 1.67. The van der Waals surface area contributed by atoms with E-state index in [9.17, 15) is 8.42 Å². The maximum absolute atomic E-state index is 12.6. The molecule has 0 unspecified atom stereocenters. The van der Waals surface area contributed by atoms with Gasteiger partial charge in [0.15, 0.2) is 0 Å². The zero-order chi connectivity index (χ0) is 17.0. The molecule has 0 saturated carbocycles. The molecule has 3 rings (SSSR count). The minimum absolute atomic E-state index is 0.361. The minimum atomic E-state index is -3.39. The zero-order valence-corrected chi connectivity index (χ0v) is 14.6. The average Bonchev–Trinajstić information content (AvgIpc) is 3.03. The van der Waals surface area contributed by atoms with Crippen LogP contribution >= 0.6 is 0 Å². The van der Waals surface area contributed by atoms with Crippen molar-refractivity contribution >= 4 is 10.0 Å². The molecule has 1 saturated heterocycles. The van der Waals surface area contributed by atoms with Gasteiger partial charge in [-0.05, 0) is 29.0 Å². The van der Waals surface area contributed by atoms with Crippen molar-refractivity contribution in [3.05, 3.63) is 36.2 Å². The van der Waals surface area contributed by atoms with Gasteiger partial charge in [-0.15, -0.1) is 5.10 Å². The molecule has 1 aliphatic heterocycles. The largest absolute Gasteiger partial charge is 0.326 e. The number of piperazine rings is 1. The fourth-order valence-corrected chi connectivity index (χ4v) is 4.38. The van der Waals surface area contributed by atoms with Crippen molar-refractivity contribution in [3.8, 4) is 0 Å². The van der Waals surface area contributed by atoms with Crippen LogP contribution in [0.3, 0.4) is 0 Å². The molecule has 0 atom stereocenters. The van der Waals surface area contributed by atoms with Crippen LogP contribution in [0.2, 0.25) is 0 Å². The summed E-state index contributed by atoms with van der Waals surface area (Å²) < 4.78 is 28.7. The van der Waals surface area contributed by atoms with Crippen LogP contribution in [0.15, 0.2) is 35.2 Å². The van der Waals surface area contributed by atoms with Crippen LogP contribution in [0.4, 0.5) is 0 Å². The molecule has 1 aromatic heterocycles. The number of nitrogens with one attached hydrogen (secondary N) is 1.